The van der Waals surface area contributed by atoms with E-state index in [9.17, 15) is 4.79 Å². The zero-order valence-corrected chi connectivity index (χ0v) is 11.4. The standard InChI is InChI=1S/C14H13N5O2/c1-2-21-14(20)17-10-8-15-12-13(16-10)19-11(18-12)9-6-4-3-5-7-9/h3-8,13H,2H2,1H3,(H,16,17,20). The number of nitrogens with one attached hydrogen (secondary N) is 1. The number of alkyl carbamates (subject to hydrolysis) is 1. The summed E-state index contributed by atoms with van der Waals surface area (Å²) in [4.78, 5) is 28.5. The number of amidine groups is 3. The van der Waals surface area contributed by atoms with Crippen molar-refractivity contribution >= 4 is 29.8 Å². The molecule has 2 aliphatic heterocycles. The number of benzene rings is 1. The molecule has 1 atom stereocenters. The molecule has 3 rings (SSSR count). The summed E-state index contributed by atoms with van der Waals surface area (Å²) in [5, 5.41) is 2.50. The molecular weight excluding hydrogens is 270 g/mol. The summed E-state index contributed by atoms with van der Waals surface area (Å²) >= 11 is 0. The Hall–Kier alpha value is -2.83. The molecule has 2 heterocycles. The Morgan fingerprint density at radius 3 is 2.86 bits per heavy atom. The number of ether oxygens (including phenoxy) is 1. The van der Waals surface area contributed by atoms with Crippen LogP contribution in [0, 0.1) is 0 Å². The molecule has 0 bridgehead atoms. The van der Waals surface area contributed by atoms with E-state index in [0.29, 0.717) is 24.1 Å². The van der Waals surface area contributed by atoms with Gasteiger partial charge in [0.2, 0.25) is 6.17 Å². The number of carbonyl (C=O) groups is 1. The van der Waals surface area contributed by atoms with Crippen LogP contribution >= 0.6 is 0 Å². The zero-order valence-electron chi connectivity index (χ0n) is 11.4. The van der Waals surface area contributed by atoms with E-state index in [2.05, 4.69) is 25.3 Å². The third-order valence-corrected chi connectivity index (χ3v) is 2.81. The Labute approximate surface area is 121 Å². The normalized spacial score (nSPS) is 19.3. The van der Waals surface area contributed by atoms with Gasteiger partial charge in [-0.25, -0.2) is 24.8 Å². The van der Waals surface area contributed by atoms with Gasteiger partial charge in [-0.15, -0.1) is 0 Å². The third-order valence-electron chi connectivity index (χ3n) is 2.81. The van der Waals surface area contributed by atoms with Crippen LogP contribution in [0.25, 0.3) is 0 Å². The Morgan fingerprint density at radius 1 is 1.29 bits per heavy atom. The van der Waals surface area contributed by atoms with E-state index in [1.807, 2.05) is 30.3 Å². The maximum Gasteiger partial charge on any atom is 0.412 e. The molecule has 0 saturated heterocycles. The largest absolute Gasteiger partial charge is 0.450 e. The molecule has 1 amide bonds. The van der Waals surface area contributed by atoms with Crippen molar-refractivity contribution in [1.29, 1.82) is 0 Å². The highest BCUT2D eigenvalue weighted by molar-refractivity contribution is 6.36. The molecule has 7 heteroatoms. The number of hydrogen-bond donors (Lipinski definition) is 1. The first-order chi connectivity index (χ1) is 10.3. The second-order valence-electron chi connectivity index (χ2n) is 4.28. The second kappa shape index (κ2) is 5.66. The average molecular weight is 283 g/mol. The van der Waals surface area contributed by atoms with Crippen LogP contribution in [0.15, 0.2) is 50.3 Å². The van der Waals surface area contributed by atoms with Crippen LogP contribution in [0.4, 0.5) is 4.79 Å². The molecule has 1 aromatic carbocycles. The van der Waals surface area contributed by atoms with Crippen LogP contribution in [0.5, 0.6) is 0 Å². The fourth-order valence-corrected chi connectivity index (χ4v) is 1.91. The van der Waals surface area contributed by atoms with Crippen molar-refractivity contribution in [3.05, 3.63) is 35.9 Å². The summed E-state index contributed by atoms with van der Waals surface area (Å²) in [6.45, 7) is 2.03. The molecule has 2 aliphatic rings. The van der Waals surface area contributed by atoms with Crippen LogP contribution in [-0.4, -0.2) is 42.6 Å². The third kappa shape index (κ3) is 2.86. The summed E-state index contributed by atoms with van der Waals surface area (Å²) in [7, 11) is 0. The van der Waals surface area contributed by atoms with Crippen molar-refractivity contribution < 1.29 is 9.53 Å². The summed E-state index contributed by atoms with van der Waals surface area (Å²) < 4.78 is 4.79. The maximum atomic E-state index is 11.3. The molecule has 0 spiro atoms. The van der Waals surface area contributed by atoms with Crippen LogP contribution in [0.3, 0.4) is 0 Å². The molecule has 7 nitrogen and oxygen atoms in total. The van der Waals surface area contributed by atoms with Crippen LogP contribution < -0.4 is 5.32 Å². The van der Waals surface area contributed by atoms with Gasteiger partial charge < -0.3 is 4.74 Å². The quantitative estimate of drug-likeness (QED) is 0.889. The second-order valence-corrected chi connectivity index (χ2v) is 4.28. The van der Waals surface area contributed by atoms with E-state index in [4.69, 9.17) is 4.74 Å². The zero-order chi connectivity index (χ0) is 14.7. The van der Waals surface area contributed by atoms with E-state index in [0.717, 1.165) is 5.56 Å². The predicted molar refractivity (Wildman–Crippen MR) is 80.3 cm³/mol. The molecule has 0 aliphatic carbocycles. The number of fused-ring (bicyclic) bond motifs is 1. The fraction of sp³-hybridized carbons (Fsp3) is 0.214. The predicted octanol–water partition coefficient (Wildman–Crippen LogP) is 1.40. The molecule has 0 aromatic heterocycles. The van der Waals surface area contributed by atoms with Gasteiger partial charge in [-0.1, -0.05) is 30.3 Å². The molecule has 0 radical (unpaired) electrons. The highest BCUT2D eigenvalue weighted by atomic mass is 16.5. The maximum absolute atomic E-state index is 11.3. The van der Waals surface area contributed by atoms with Gasteiger partial charge in [-0.2, -0.15) is 0 Å². The van der Waals surface area contributed by atoms with Crippen molar-refractivity contribution in [2.75, 3.05) is 6.61 Å². The topological polar surface area (TPSA) is 87.8 Å². The minimum absolute atomic E-state index is 0.294. The molecular formula is C14H13N5O2. The summed E-state index contributed by atoms with van der Waals surface area (Å²) in [6.07, 6.45) is 0.367. The number of carbonyl (C=O) groups excluding carboxylic acids is 1. The first-order valence-electron chi connectivity index (χ1n) is 6.53. The lowest BCUT2D eigenvalue weighted by atomic mass is 10.2. The molecule has 0 saturated carbocycles. The molecule has 106 valence electrons. The van der Waals surface area contributed by atoms with Crippen molar-refractivity contribution in [1.82, 2.24) is 5.32 Å². The summed E-state index contributed by atoms with van der Waals surface area (Å²) in [5.41, 5.74) is 0.907. The van der Waals surface area contributed by atoms with Crippen molar-refractivity contribution in [3.63, 3.8) is 0 Å². The number of nitrogens with zero attached hydrogens (tertiary/aromatic N) is 4. The number of hydrogen-bond acceptors (Lipinski definition) is 6. The van der Waals surface area contributed by atoms with Gasteiger partial charge in [-0.3, -0.25) is 5.32 Å². The fourth-order valence-electron chi connectivity index (χ4n) is 1.91. The highest BCUT2D eigenvalue weighted by Crippen LogP contribution is 2.16. The number of rotatable bonds is 2. The molecule has 1 unspecified atom stereocenters. The first-order valence-corrected chi connectivity index (χ1v) is 6.53. The first kappa shape index (κ1) is 13.2. The molecule has 21 heavy (non-hydrogen) atoms. The Morgan fingerprint density at radius 2 is 2.10 bits per heavy atom. The SMILES string of the molecule is CCOC(=O)NC1=NC2N=C(c3ccccc3)N=C2N=C1. The van der Waals surface area contributed by atoms with Crippen molar-refractivity contribution in [2.45, 2.75) is 13.1 Å². The van der Waals surface area contributed by atoms with Gasteiger partial charge in [0.15, 0.2) is 17.5 Å². The Kier molecular flexibility index (Phi) is 3.55. The molecule has 0 fully saturated rings. The van der Waals surface area contributed by atoms with E-state index >= 15 is 0 Å². The van der Waals surface area contributed by atoms with Gasteiger partial charge in [0, 0.05) is 5.56 Å². The monoisotopic (exact) mass is 283 g/mol. The summed E-state index contributed by atoms with van der Waals surface area (Å²) in [5.74, 6) is 1.42. The Balaban J connectivity index is 1.77. The lowest BCUT2D eigenvalue weighted by Gasteiger charge is -2.10. The molecule has 1 N–H and O–H groups in total. The van der Waals surface area contributed by atoms with E-state index in [1.54, 1.807) is 6.92 Å². The van der Waals surface area contributed by atoms with E-state index < -0.39 is 12.3 Å². The van der Waals surface area contributed by atoms with Crippen LogP contribution in [0.1, 0.15) is 12.5 Å². The van der Waals surface area contributed by atoms with Crippen LogP contribution in [0.2, 0.25) is 0 Å². The average Bonchev–Trinajstić information content (AvgIpc) is 2.91. The minimum atomic E-state index is -0.562. The Bertz CT molecular complexity index is 676. The van der Waals surface area contributed by atoms with Gasteiger partial charge in [0.1, 0.15) is 0 Å². The van der Waals surface area contributed by atoms with Gasteiger partial charge in [0.25, 0.3) is 0 Å². The number of amides is 1. The molecule has 1 aromatic rings. The number of aliphatic imine (C=N–C) groups is 4. The smallest absolute Gasteiger partial charge is 0.412 e. The van der Waals surface area contributed by atoms with Crippen molar-refractivity contribution in [2.24, 2.45) is 20.0 Å². The van der Waals surface area contributed by atoms with Crippen LogP contribution in [-0.2, 0) is 4.74 Å². The lowest BCUT2D eigenvalue weighted by molar-refractivity contribution is 0.158. The van der Waals surface area contributed by atoms with Crippen molar-refractivity contribution in [3.8, 4) is 0 Å². The van der Waals surface area contributed by atoms with E-state index in [1.165, 1.54) is 6.21 Å². The minimum Gasteiger partial charge on any atom is -0.450 e. The highest BCUT2D eigenvalue weighted by Gasteiger charge is 2.26. The van der Waals surface area contributed by atoms with E-state index in [-0.39, 0.29) is 0 Å². The van der Waals surface area contributed by atoms with Gasteiger partial charge in [-0.05, 0) is 6.92 Å². The van der Waals surface area contributed by atoms with Gasteiger partial charge in [0.05, 0.1) is 12.8 Å². The van der Waals surface area contributed by atoms with Gasteiger partial charge >= 0.3 is 6.09 Å². The lowest BCUT2D eigenvalue weighted by Crippen LogP contribution is -2.36. The summed E-state index contributed by atoms with van der Waals surface area (Å²) in [6, 6.07) is 9.61.